The van der Waals surface area contributed by atoms with E-state index in [1.54, 1.807) is 0 Å². The van der Waals surface area contributed by atoms with Crippen LogP contribution in [0.5, 0.6) is 23.0 Å². The number of benzene rings is 2. The molecule has 6 heteroatoms. The van der Waals surface area contributed by atoms with Crippen molar-refractivity contribution in [2.45, 2.75) is 26.7 Å². The van der Waals surface area contributed by atoms with Gasteiger partial charge >= 0.3 is 0 Å². The third-order valence-electron chi connectivity index (χ3n) is 3.84. The van der Waals surface area contributed by atoms with Crippen molar-refractivity contribution in [3.8, 4) is 23.0 Å². The largest absolute Gasteiger partial charge is 0.504 e. The lowest BCUT2D eigenvalue weighted by molar-refractivity contribution is 0.316. The molecule has 2 aromatic carbocycles. The van der Waals surface area contributed by atoms with Gasteiger partial charge in [0.05, 0.1) is 20.4 Å². The third-order valence-corrected chi connectivity index (χ3v) is 5.48. The fourth-order valence-electron chi connectivity index (χ4n) is 2.52. The number of phenols is 2. The Morgan fingerprint density at radius 2 is 1.46 bits per heavy atom. The van der Waals surface area contributed by atoms with E-state index in [2.05, 4.69) is 51.8 Å². The Morgan fingerprint density at radius 3 is 2.04 bits per heavy atom. The van der Waals surface area contributed by atoms with E-state index in [4.69, 9.17) is 9.47 Å². The van der Waals surface area contributed by atoms with Gasteiger partial charge in [0.15, 0.2) is 23.0 Å². The summed E-state index contributed by atoms with van der Waals surface area (Å²) in [5.41, 5.74) is 2.99. The molecule has 2 rings (SSSR count). The molecule has 0 saturated heterocycles. The highest BCUT2D eigenvalue weighted by Gasteiger charge is 2.13. The zero-order chi connectivity index (χ0) is 19.3. The maximum Gasteiger partial charge on any atom is 0.171 e. The van der Waals surface area contributed by atoms with Gasteiger partial charge in [-0.1, -0.05) is 6.58 Å². The summed E-state index contributed by atoms with van der Waals surface area (Å²) >= 11 is 4.20. The summed E-state index contributed by atoms with van der Waals surface area (Å²) in [6.07, 6.45) is 1.52. The molecule has 4 nitrogen and oxygen atoms in total. The Kier molecular flexibility index (Phi) is 7.87. The van der Waals surface area contributed by atoms with Gasteiger partial charge in [0.25, 0.3) is 0 Å². The number of halogens is 2. The number of phenolic OH excluding ortho intramolecular Hbond substituents is 2. The molecular weight excluding hydrogens is 558 g/mol. The van der Waals surface area contributed by atoms with E-state index in [0.29, 0.717) is 24.7 Å². The number of hydrogen-bond acceptors (Lipinski definition) is 4. The van der Waals surface area contributed by atoms with Crippen molar-refractivity contribution in [1.82, 2.24) is 0 Å². The number of allylic oxidation sites excluding steroid dienone is 1. The zero-order valence-electron chi connectivity index (χ0n) is 14.8. The molecule has 2 N–H and O–H groups in total. The average Bonchev–Trinajstić information content (AvgIpc) is 2.61. The number of hydrogen-bond donors (Lipinski definition) is 2. The molecule has 0 aliphatic rings. The number of aryl methyl sites for hydroxylation is 1. The van der Waals surface area contributed by atoms with Crippen LogP contribution in [0.2, 0.25) is 0 Å². The van der Waals surface area contributed by atoms with Crippen LogP contribution in [0, 0.1) is 7.14 Å². The highest BCUT2D eigenvalue weighted by atomic mass is 127. The SMILES string of the molecule is C=C(CCc1cc(I)c(O)c(OCC)c1)c1cc(I)c(O)c(OCC)c1. The van der Waals surface area contributed by atoms with Crippen molar-refractivity contribution in [2.75, 3.05) is 13.2 Å². The van der Waals surface area contributed by atoms with Crippen LogP contribution in [0.25, 0.3) is 5.57 Å². The van der Waals surface area contributed by atoms with Crippen LogP contribution < -0.4 is 9.47 Å². The van der Waals surface area contributed by atoms with Crippen LogP contribution in [0.4, 0.5) is 0 Å². The summed E-state index contributed by atoms with van der Waals surface area (Å²) in [4.78, 5) is 0. The first kappa shape index (κ1) is 21.1. The Hall–Kier alpha value is -1.16. The van der Waals surface area contributed by atoms with E-state index in [9.17, 15) is 10.2 Å². The second kappa shape index (κ2) is 9.68. The second-order valence-electron chi connectivity index (χ2n) is 5.70. The third kappa shape index (κ3) is 5.18. The van der Waals surface area contributed by atoms with Gasteiger partial charge in [-0.2, -0.15) is 0 Å². The minimum Gasteiger partial charge on any atom is -0.504 e. The number of aromatic hydroxyl groups is 2. The van der Waals surface area contributed by atoms with E-state index in [-0.39, 0.29) is 11.5 Å². The lowest BCUT2D eigenvalue weighted by atomic mass is 9.99. The first-order valence-corrected chi connectivity index (χ1v) is 10.5. The molecule has 0 unspecified atom stereocenters. The number of ether oxygens (including phenoxy) is 2. The number of rotatable bonds is 8. The van der Waals surface area contributed by atoms with Gasteiger partial charge < -0.3 is 19.7 Å². The molecule has 26 heavy (non-hydrogen) atoms. The van der Waals surface area contributed by atoms with Gasteiger partial charge in [0, 0.05) is 0 Å². The van der Waals surface area contributed by atoms with Crippen LogP contribution in [-0.4, -0.2) is 23.4 Å². The summed E-state index contributed by atoms with van der Waals surface area (Å²) < 4.78 is 12.5. The second-order valence-corrected chi connectivity index (χ2v) is 8.02. The zero-order valence-corrected chi connectivity index (χ0v) is 19.1. The van der Waals surface area contributed by atoms with E-state index < -0.39 is 0 Å². The van der Waals surface area contributed by atoms with Crippen LogP contribution >= 0.6 is 45.2 Å². The average molecular weight is 580 g/mol. The Morgan fingerprint density at radius 1 is 0.923 bits per heavy atom. The van der Waals surface area contributed by atoms with Crippen molar-refractivity contribution >= 4 is 50.8 Å². The molecule has 0 aromatic heterocycles. The Labute approximate surface area is 181 Å². The summed E-state index contributed by atoms with van der Waals surface area (Å²) in [5, 5.41) is 20.1. The topological polar surface area (TPSA) is 58.9 Å². The molecular formula is C20H22I2O4. The van der Waals surface area contributed by atoms with Crippen LogP contribution in [0.3, 0.4) is 0 Å². The van der Waals surface area contributed by atoms with E-state index in [1.807, 2.05) is 38.1 Å². The van der Waals surface area contributed by atoms with Gasteiger partial charge in [-0.05, 0) is 113 Å². The monoisotopic (exact) mass is 580 g/mol. The Bertz CT molecular complexity index is 803. The first-order valence-electron chi connectivity index (χ1n) is 8.35. The Balaban J connectivity index is 2.16. The van der Waals surface area contributed by atoms with Crippen LogP contribution in [-0.2, 0) is 6.42 Å². The van der Waals surface area contributed by atoms with Gasteiger partial charge in [-0.15, -0.1) is 0 Å². The van der Waals surface area contributed by atoms with Crippen LogP contribution in [0.15, 0.2) is 30.8 Å². The van der Waals surface area contributed by atoms with Gasteiger partial charge in [-0.3, -0.25) is 0 Å². The molecule has 140 valence electrons. The summed E-state index contributed by atoms with van der Waals surface area (Å²) in [7, 11) is 0. The predicted molar refractivity (Wildman–Crippen MR) is 121 cm³/mol. The molecule has 0 heterocycles. The van der Waals surface area contributed by atoms with Crippen molar-refractivity contribution in [3.05, 3.63) is 49.1 Å². The van der Waals surface area contributed by atoms with Crippen molar-refractivity contribution in [2.24, 2.45) is 0 Å². The maximum atomic E-state index is 10.1. The fraction of sp³-hybridized carbons (Fsp3) is 0.300. The molecule has 0 atom stereocenters. The summed E-state index contributed by atoms with van der Waals surface area (Å²) in [5.74, 6) is 1.34. The van der Waals surface area contributed by atoms with Crippen molar-refractivity contribution in [3.63, 3.8) is 0 Å². The molecule has 0 bridgehead atoms. The normalized spacial score (nSPS) is 10.6. The fourth-order valence-corrected chi connectivity index (χ4v) is 3.79. The highest BCUT2D eigenvalue weighted by molar-refractivity contribution is 14.1. The van der Waals surface area contributed by atoms with Crippen molar-refractivity contribution < 1.29 is 19.7 Å². The molecule has 0 amide bonds. The van der Waals surface area contributed by atoms with Gasteiger partial charge in [-0.25, -0.2) is 0 Å². The smallest absolute Gasteiger partial charge is 0.171 e. The minimum atomic E-state index is 0.165. The molecule has 0 aliphatic heterocycles. The summed E-state index contributed by atoms with van der Waals surface area (Å²) in [6.45, 7) is 8.96. The van der Waals surface area contributed by atoms with Crippen molar-refractivity contribution in [1.29, 1.82) is 0 Å². The quantitative estimate of drug-likeness (QED) is 0.391. The molecule has 0 saturated carbocycles. The van der Waals surface area contributed by atoms with Crippen LogP contribution in [0.1, 0.15) is 31.4 Å². The van der Waals surface area contributed by atoms with Gasteiger partial charge in [0.2, 0.25) is 0 Å². The van der Waals surface area contributed by atoms with Gasteiger partial charge in [0.1, 0.15) is 0 Å². The highest BCUT2D eigenvalue weighted by Crippen LogP contribution is 2.36. The molecule has 0 aliphatic carbocycles. The standard InChI is InChI=1S/C20H22I2O4/c1-4-25-17-9-13(8-15(21)19(17)23)7-6-12(3)14-10-16(22)20(24)18(11-14)26-5-2/h8-11,23-24H,3-7H2,1-2H3. The lowest BCUT2D eigenvalue weighted by Crippen LogP contribution is -1.97. The molecule has 2 aromatic rings. The maximum absolute atomic E-state index is 10.1. The lowest BCUT2D eigenvalue weighted by Gasteiger charge is -2.13. The predicted octanol–water partition coefficient (Wildman–Crippen LogP) is 5.75. The molecule has 0 spiro atoms. The van der Waals surface area contributed by atoms with E-state index in [0.717, 1.165) is 36.7 Å². The van der Waals surface area contributed by atoms with E-state index >= 15 is 0 Å². The first-order chi connectivity index (χ1) is 12.4. The summed E-state index contributed by atoms with van der Waals surface area (Å²) in [6, 6.07) is 7.57. The minimum absolute atomic E-state index is 0.165. The molecule has 0 radical (unpaired) electrons. The van der Waals surface area contributed by atoms with E-state index in [1.165, 1.54) is 0 Å². The molecule has 0 fully saturated rings.